The molecule has 0 radical (unpaired) electrons. The third kappa shape index (κ3) is 5.46. The van der Waals surface area contributed by atoms with Crippen molar-refractivity contribution in [2.45, 2.75) is 41.5 Å². The molecule has 1 aromatic carbocycles. The summed E-state index contributed by atoms with van der Waals surface area (Å²) in [5.74, 6) is 1.41. The Hall–Kier alpha value is -1.15. The van der Waals surface area contributed by atoms with Gasteiger partial charge in [-0.05, 0) is 31.2 Å². The highest BCUT2D eigenvalue weighted by Gasteiger charge is 2.16. The third-order valence-electron chi connectivity index (χ3n) is 3.30. The van der Waals surface area contributed by atoms with Crippen molar-refractivity contribution >= 4 is 5.78 Å². The number of nitrogens with zero attached hydrogens (tertiary/aromatic N) is 1. The summed E-state index contributed by atoms with van der Waals surface area (Å²) in [7, 11) is 0. The minimum absolute atomic E-state index is 0.240. The number of rotatable bonds is 7. The minimum Gasteiger partial charge on any atom is -0.295 e. The van der Waals surface area contributed by atoms with Gasteiger partial charge in [0.05, 0.1) is 6.54 Å². The molecule has 0 aliphatic heterocycles. The van der Waals surface area contributed by atoms with Crippen LogP contribution in [0.25, 0.3) is 0 Å². The average molecular weight is 275 g/mol. The van der Waals surface area contributed by atoms with Crippen LogP contribution in [0.3, 0.4) is 0 Å². The molecule has 0 aliphatic rings. The fourth-order valence-corrected chi connectivity index (χ4v) is 2.65. The van der Waals surface area contributed by atoms with Gasteiger partial charge in [-0.2, -0.15) is 0 Å². The molecule has 0 aromatic heterocycles. The molecule has 2 nitrogen and oxygen atoms in total. The van der Waals surface area contributed by atoms with Crippen LogP contribution in [0.5, 0.6) is 0 Å². The number of aryl methyl sites for hydroxylation is 2. The number of Topliss-reactive ketones (excluding diaryl/α,β-unsaturated/α-hetero) is 1. The van der Waals surface area contributed by atoms with E-state index in [1.165, 1.54) is 5.56 Å². The Bertz CT molecular complexity index is 439. The molecule has 0 N–H and O–H groups in total. The summed E-state index contributed by atoms with van der Waals surface area (Å²) in [5.41, 5.74) is 3.16. The van der Waals surface area contributed by atoms with Crippen molar-refractivity contribution in [3.8, 4) is 0 Å². The number of hydrogen-bond acceptors (Lipinski definition) is 2. The SMILES string of the molecule is Cc1ccc(C(=O)CN(CC(C)C)CC(C)C)c(C)c1. The molecule has 0 bridgehead atoms. The van der Waals surface area contributed by atoms with Gasteiger partial charge in [0.15, 0.2) is 5.78 Å². The summed E-state index contributed by atoms with van der Waals surface area (Å²) in [6.07, 6.45) is 0. The third-order valence-corrected chi connectivity index (χ3v) is 3.30. The Morgan fingerprint density at radius 2 is 1.60 bits per heavy atom. The number of benzene rings is 1. The van der Waals surface area contributed by atoms with Gasteiger partial charge in [-0.1, -0.05) is 51.5 Å². The van der Waals surface area contributed by atoms with E-state index in [9.17, 15) is 4.79 Å². The largest absolute Gasteiger partial charge is 0.295 e. The van der Waals surface area contributed by atoms with E-state index in [0.717, 1.165) is 24.2 Å². The Balaban J connectivity index is 2.78. The average Bonchev–Trinajstić information content (AvgIpc) is 2.26. The van der Waals surface area contributed by atoms with E-state index in [2.05, 4.69) is 45.6 Å². The number of hydrogen-bond donors (Lipinski definition) is 0. The van der Waals surface area contributed by atoms with Gasteiger partial charge in [0, 0.05) is 18.7 Å². The minimum atomic E-state index is 0.240. The van der Waals surface area contributed by atoms with Crippen LogP contribution in [-0.2, 0) is 0 Å². The molecule has 112 valence electrons. The zero-order valence-electron chi connectivity index (χ0n) is 13.9. The number of carbonyl (C=O) groups excluding carboxylic acids is 1. The molecular weight excluding hydrogens is 246 g/mol. The maximum Gasteiger partial charge on any atom is 0.177 e. The van der Waals surface area contributed by atoms with E-state index in [-0.39, 0.29) is 5.78 Å². The fourth-order valence-electron chi connectivity index (χ4n) is 2.65. The Kier molecular flexibility index (Phi) is 6.41. The van der Waals surface area contributed by atoms with E-state index >= 15 is 0 Å². The van der Waals surface area contributed by atoms with Gasteiger partial charge in [0.1, 0.15) is 0 Å². The van der Waals surface area contributed by atoms with Crippen LogP contribution in [0.1, 0.15) is 49.2 Å². The fraction of sp³-hybridized carbons (Fsp3) is 0.611. The van der Waals surface area contributed by atoms with Crippen LogP contribution in [0, 0.1) is 25.7 Å². The first-order chi connectivity index (χ1) is 9.29. The first-order valence-corrected chi connectivity index (χ1v) is 7.62. The molecule has 0 amide bonds. The topological polar surface area (TPSA) is 20.3 Å². The lowest BCUT2D eigenvalue weighted by Crippen LogP contribution is -2.36. The standard InChI is InChI=1S/C18H29NO/c1-13(2)10-19(11-14(3)4)12-18(20)17-8-7-15(5)9-16(17)6/h7-9,13-14H,10-12H2,1-6H3. The van der Waals surface area contributed by atoms with Crippen LogP contribution in [0.2, 0.25) is 0 Å². The molecule has 20 heavy (non-hydrogen) atoms. The Labute approximate surface area is 124 Å². The van der Waals surface area contributed by atoms with Crippen molar-refractivity contribution in [2.24, 2.45) is 11.8 Å². The van der Waals surface area contributed by atoms with E-state index in [0.29, 0.717) is 18.4 Å². The van der Waals surface area contributed by atoms with Crippen LogP contribution in [0.4, 0.5) is 0 Å². The van der Waals surface area contributed by atoms with Crippen molar-refractivity contribution in [3.63, 3.8) is 0 Å². The highest BCUT2D eigenvalue weighted by molar-refractivity contribution is 5.98. The Morgan fingerprint density at radius 3 is 2.05 bits per heavy atom. The summed E-state index contributed by atoms with van der Waals surface area (Å²) in [4.78, 5) is 14.8. The first-order valence-electron chi connectivity index (χ1n) is 7.62. The lowest BCUT2D eigenvalue weighted by atomic mass is 10.0. The van der Waals surface area contributed by atoms with E-state index in [1.807, 2.05) is 19.1 Å². The van der Waals surface area contributed by atoms with Gasteiger partial charge in [-0.15, -0.1) is 0 Å². The molecule has 2 heteroatoms. The first kappa shape index (κ1) is 16.9. The lowest BCUT2D eigenvalue weighted by molar-refractivity contribution is 0.0911. The summed E-state index contributed by atoms with van der Waals surface area (Å²) in [5, 5.41) is 0. The molecule has 0 aliphatic carbocycles. The van der Waals surface area contributed by atoms with Crippen molar-refractivity contribution in [1.82, 2.24) is 4.90 Å². The van der Waals surface area contributed by atoms with E-state index < -0.39 is 0 Å². The quantitative estimate of drug-likeness (QED) is 0.698. The molecule has 0 heterocycles. The van der Waals surface area contributed by atoms with Crippen molar-refractivity contribution in [2.75, 3.05) is 19.6 Å². The molecule has 0 fully saturated rings. The van der Waals surface area contributed by atoms with Crippen LogP contribution in [-0.4, -0.2) is 30.3 Å². The van der Waals surface area contributed by atoms with E-state index in [1.54, 1.807) is 0 Å². The highest BCUT2D eigenvalue weighted by atomic mass is 16.1. The van der Waals surface area contributed by atoms with Crippen molar-refractivity contribution in [1.29, 1.82) is 0 Å². The summed E-state index contributed by atoms with van der Waals surface area (Å²) < 4.78 is 0. The van der Waals surface area contributed by atoms with Gasteiger partial charge in [0.2, 0.25) is 0 Å². The molecule has 0 atom stereocenters. The molecule has 0 saturated heterocycles. The molecule has 0 unspecified atom stereocenters. The van der Waals surface area contributed by atoms with Crippen LogP contribution in [0.15, 0.2) is 18.2 Å². The maximum atomic E-state index is 12.5. The number of ketones is 1. The maximum absolute atomic E-state index is 12.5. The molecule has 0 saturated carbocycles. The molecule has 1 rings (SSSR count). The summed E-state index contributed by atoms with van der Waals surface area (Å²) in [6, 6.07) is 6.08. The second-order valence-corrected chi connectivity index (χ2v) is 6.72. The zero-order chi connectivity index (χ0) is 15.3. The predicted molar refractivity (Wildman–Crippen MR) is 86.4 cm³/mol. The molecule has 1 aromatic rings. The van der Waals surface area contributed by atoms with Crippen molar-refractivity contribution in [3.05, 3.63) is 34.9 Å². The van der Waals surface area contributed by atoms with Gasteiger partial charge in [-0.3, -0.25) is 9.69 Å². The highest BCUT2D eigenvalue weighted by Crippen LogP contribution is 2.13. The summed E-state index contributed by atoms with van der Waals surface area (Å²) >= 11 is 0. The van der Waals surface area contributed by atoms with Crippen LogP contribution >= 0.6 is 0 Å². The molecule has 0 spiro atoms. The monoisotopic (exact) mass is 275 g/mol. The second-order valence-electron chi connectivity index (χ2n) is 6.72. The van der Waals surface area contributed by atoms with Gasteiger partial charge >= 0.3 is 0 Å². The van der Waals surface area contributed by atoms with Crippen LogP contribution < -0.4 is 0 Å². The van der Waals surface area contributed by atoms with Gasteiger partial charge in [-0.25, -0.2) is 0 Å². The smallest absolute Gasteiger partial charge is 0.177 e. The normalized spacial score (nSPS) is 11.7. The Morgan fingerprint density at radius 1 is 1.05 bits per heavy atom. The van der Waals surface area contributed by atoms with E-state index in [4.69, 9.17) is 0 Å². The summed E-state index contributed by atoms with van der Waals surface area (Å²) in [6.45, 7) is 15.4. The van der Waals surface area contributed by atoms with Crippen molar-refractivity contribution < 1.29 is 4.79 Å². The van der Waals surface area contributed by atoms with Gasteiger partial charge < -0.3 is 0 Å². The lowest BCUT2D eigenvalue weighted by Gasteiger charge is -2.25. The zero-order valence-corrected chi connectivity index (χ0v) is 13.9. The number of carbonyl (C=O) groups is 1. The molecular formula is C18H29NO. The van der Waals surface area contributed by atoms with Gasteiger partial charge in [0.25, 0.3) is 0 Å². The predicted octanol–water partition coefficient (Wildman–Crippen LogP) is 4.10. The second kappa shape index (κ2) is 7.58.